The Balaban J connectivity index is 1.56. The molecule has 2 atom stereocenters. The summed E-state index contributed by atoms with van der Waals surface area (Å²) in [5.74, 6) is 0.0689. The second-order valence-corrected chi connectivity index (χ2v) is 9.48. The Labute approximate surface area is 165 Å². The SMILES string of the molecule is C[C@@H]1CN(C(=O)CN2CCN(S(=O)(=O)c3ccccc3Cl)CC2)C[C@H](C)O1. The molecule has 0 N–H and O–H groups in total. The molecule has 1 aromatic rings. The van der Waals surface area contributed by atoms with Gasteiger partial charge in [0.25, 0.3) is 0 Å². The van der Waals surface area contributed by atoms with Gasteiger partial charge in [0.15, 0.2) is 0 Å². The van der Waals surface area contributed by atoms with Gasteiger partial charge in [-0.25, -0.2) is 8.42 Å². The molecule has 0 unspecified atom stereocenters. The molecule has 2 aliphatic heterocycles. The van der Waals surface area contributed by atoms with E-state index in [1.165, 1.54) is 10.4 Å². The van der Waals surface area contributed by atoms with Crippen LogP contribution in [0.4, 0.5) is 0 Å². The number of sulfonamides is 1. The largest absolute Gasteiger partial charge is 0.372 e. The van der Waals surface area contributed by atoms with Crippen LogP contribution in [0.3, 0.4) is 0 Å². The molecule has 7 nitrogen and oxygen atoms in total. The fourth-order valence-electron chi connectivity index (χ4n) is 3.59. The monoisotopic (exact) mass is 415 g/mol. The Morgan fingerprint density at radius 3 is 2.30 bits per heavy atom. The molecule has 2 heterocycles. The van der Waals surface area contributed by atoms with Crippen molar-refractivity contribution in [3.05, 3.63) is 29.3 Å². The number of hydrogen-bond donors (Lipinski definition) is 0. The molecule has 2 aliphatic rings. The van der Waals surface area contributed by atoms with Crippen LogP contribution in [0, 0.1) is 0 Å². The Hall–Kier alpha value is -1.19. The van der Waals surface area contributed by atoms with Crippen molar-refractivity contribution in [2.45, 2.75) is 31.0 Å². The van der Waals surface area contributed by atoms with Gasteiger partial charge in [0.1, 0.15) is 4.90 Å². The molecule has 1 aromatic carbocycles. The molecule has 2 saturated heterocycles. The van der Waals surface area contributed by atoms with Crippen LogP contribution in [0.5, 0.6) is 0 Å². The lowest BCUT2D eigenvalue weighted by Gasteiger charge is -2.38. The predicted octanol–water partition coefficient (Wildman–Crippen LogP) is 1.28. The van der Waals surface area contributed by atoms with E-state index in [2.05, 4.69) is 0 Å². The lowest BCUT2D eigenvalue weighted by Crippen LogP contribution is -2.54. The molecule has 150 valence electrons. The summed E-state index contributed by atoms with van der Waals surface area (Å²) < 4.78 is 32.7. The van der Waals surface area contributed by atoms with Crippen molar-refractivity contribution in [1.82, 2.24) is 14.1 Å². The summed E-state index contributed by atoms with van der Waals surface area (Å²) in [6, 6.07) is 6.47. The van der Waals surface area contributed by atoms with E-state index in [-0.39, 0.29) is 28.0 Å². The molecule has 0 radical (unpaired) electrons. The molecule has 0 spiro atoms. The van der Waals surface area contributed by atoms with Crippen LogP contribution < -0.4 is 0 Å². The van der Waals surface area contributed by atoms with Crippen LogP contribution in [0.25, 0.3) is 0 Å². The van der Waals surface area contributed by atoms with Gasteiger partial charge in [-0.05, 0) is 26.0 Å². The summed E-state index contributed by atoms with van der Waals surface area (Å²) in [4.78, 5) is 16.6. The number of carbonyl (C=O) groups is 1. The number of piperazine rings is 1. The molecular weight excluding hydrogens is 390 g/mol. The maximum Gasteiger partial charge on any atom is 0.244 e. The summed E-state index contributed by atoms with van der Waals surface area (Å²) in [5, 5.41) is 0.227. The van der Waals surface area contributed by atoms with Crippen LogP contribution in [-0.4, -0.2) is 86.5 Å². The van der Waals surface area contributed by atoms with Gasteiger partial charge in [0, 0.05) is 39.3 Å². The molecule has 27 heavy (non-hydrogen) atoms. The number of ether oxygens (including phenoxy) is 1. The van der Waals surface area contributed by atoms with Gasteiger partial charge < -0.3 is 9.64 Å². The highest BCUT2D eigenvalue weighted by atomic mass is 35.5. The number of hydrogen-bond acceptors (Lipinski definition) is 5. The lowest BCUT2D eigenvalue weighted by atomic mass is 10.2. The van der Waals surface area contributed by atoms with E-state index in [9.17, 15) is 13.2 Å². The summed E-state index contributed by atoms with van der Waals surface area (Å²) in [5.41, 5.74) is 0. The Morgan fingerprint density at radius 2 is 1.70 bits per heavy atom. The van der Waals surface area contributed by atoms with Crippen LogP contribution in [0.2, 0.25) is 5.02 Å². The fourth-order valence-corrected chi connectivity index (χ4v) is 5.51. The Kier molecular flexibility index (Phi) is 6.43. The molecule has 2 fully saturated rings. The molecule has 0 saturated carbocycles. The van der Waals surface area contributed by atoms with Crippen molar-refractivity contribution in [3.8, 4) is 0 Å². The van der Waals surface area contributed by atoms with E-state index in [1.54, 1.807) is 18.2 Å². The third kappa shape index (κ3) is 4.81. The zero-order valence-electron chi connectivity index (χ0n) is 15.7. The molecule has 0 aliphatic carbocycles. The minimum atomic E-state index is -3.62. The van der Waals surface area contributed by atoms with E-state index in [0.29, 0.717) is 45.8 Å². The molecule has 0 bridgehead atoms. The van der Waals surface area contributed by atoms with E-state index in [1.807, 2.05) is 23.6 Å². The molecule has 3 rings (SSSR count). The topological polar surface area (TPSA) is 70.2 Å². The number of carbonyl (C=O) groups excluding carboxylic acids is 1. The third-order valence-corrected chi connectivity index (χ3v) is 7.32. The highest BCUT2D eigenvalue weighted by Crippen LogP contribution is 2.25. The number of rotatable bonds is 4. The number of nitrogens with zero attached hydrogens (tertiary/aromatic N) is 3. The van der Waals surface area contributed by atoms with Gasteiger partial charge in [0.05, 0.1) is 23.8 Å². The number of halogens is 1. The van der Waals surface area contributed by atoms with E-state index < -0.39 is 10.0 Å². The smallest absolute Gasteiger partial charge is 0.244 e. The lowest BCUT2D eigenvalue weighted by molar-refractivity contribution is -0.144. The second kappa shape index (κ2) is 8.45. The van der Waals surface area contributed by atoms with E-state index in [4.69, 9.17) is 16.3 Å². The van der Waals surface area contributed by atoms with Crippen molar-refractivity contribution in [1.29, 1.82) is 0 Å². The number of benzene rings is 1. The highest BCUT2D eigenvalue weighted by molar-refractivity contribution is 7.89. The van der Waals surface area contributed by atoms with Crippen molar-refractivity contribution in [2.24, 2.45) is 0 Å². The molecule has 0 aromatic heterocycles. The standard InChI is InChI=1S/C18H26ClN3O4S/c1-14-11-21(12-15(2)26-14)18(23)13-20-7-9-22(10-8-20)27(24,25)17-6-4-3-5-16(17)19/h3-6,14-15H,7-13H2,1-2H3/t14-,15+. The zero-order chi connectivity index (χ0) is 19.6. The molecular formula is C18H26ClN3O4S. The van der Waals surface area contributed by atoms with Crippen LogP contribution in [0.15, 0.2) is 29.2 Å². The van der Waals surface area contributed by atoms with Crippen LogP contribution >= 0.6 is 11.6 Å². The van der Waals surface area contributed by atoms with Crippen molar-refractivity contribution in [3.63, 3.8) is 0 Å². The minimum Gasteiger partial charge on any atom is -0.372 e. The number of amides is 1. The summed E-state index contributed by atoms with van der Waals surface area (Å²) in [7, 11) is -3.62. The fraction of sp³-hybridized carbons (Fsp3) is 0.611. The molecule has 9 heteroatoms. The maximum absolute atomic E-state index is 12.8. The first-order valence-corrected chi connectivity index (χ1v) is 11.0. The van der Waals surface area contributed by atoms with Crippen LogP contribution in [-0.2, 0) is 19.6 Å². The van der Waals surface area contributed by atoms with E-state index in [0.717, 1.165) is 0 Å². The molecule has 1 amide bonds. The van der Waals surface area contributed by atoms with Gasteiger partial charge in [-0.2, -0.15) is 4.31 Å². The van der Waals surface area contributed by atoms with Crippen molar-refractivity contribution < 1.29 is 17.9 Å². The first-order valence-electron chi connectivity index (χ1n) is 9.17. The maximum atomic E-state index is 12.8. The Bertz CT molecular complexity index is 771. The average molecular weight is 416 g/mol. The highest BCUT2D eigenvalue weighted by Gasteiger charge is 2.32. The van der Waals surface area contributed by atoms with Gasteiger partial charge >= 0.3 is 0 Å². The summed E-state index contributed by atoms with van der Waals surface area (Å²) >= 11 is 6.06. The average Bonchev–Trinajstić information content (AvgIpc) is 2.61. The zero-order valence-corrected chi connectivity index (χ0v) is 17.2. The normalized spacial score (nSPS) is 25.5. The summed E-state index contributed by atoms with van der Waals surface area (Å²) in [6.07, 6.45) is 0.0747. The summed E-state index contributed by atoms with van der Waals surface area (Å²) in [6.45, 7) is 7.17. The first kappa shape index (κ1) is 20.5. The predicted molar refractivity (Wildman–Crippen MR) is 103 cm³/mol. The van der Waals surface area contributed by atoms with Gasteiger partial charge in [0.2, 0.25) is 15.9 Å². The minimum absolute atomic E-state index is 0.0373. The van der Waals surface area contributed by atoms with Gasteiger partial charge in [-0.15, -0.1) is 0 Å². The van der Waals surface area contributed by atoms with Crippen molar-refractivity contribution in [2.75, 3.05) is 45.8 Å². The number of morpholine rings is 1. The first-order chi connectivity index (χ1) is 12.8. The Morgan fingerprint density at radius 1 is 1.11 bits per heavy atom. The van der Waals surface area contributed by atoms with Gasteiger partial charge in [-0.3, -0.25) is 9.69 Å². The second-order valence-electron chi connectivity index (χ2n) is 7.17. The van der Waals surface area contributed by atoms with E-state index >= 15 is 0 Å². The quantitative estimate of drug-likeness (QED) is 0.741. The van der Waals surface area contributed by atoms with Crippen LogP contribution in [0.1, 0.15) is 13.8 Å². The van der Waals surface area contributed by atoms with Gasteiger partial charge in [-0.1, -0.05) is 23.7 Å². The third-order valence-electron chi connectivity index (χ3n) is 4.92. The van der Waals surface area contributed by atoms with Crippen molar-refractivity contribution >= 4 is 27.5 Å².